The average Bonchev–Trinajstić information content (AvgIpc) is 2.34. The van der Waals surface area contributed by atoms with Crippen molar-refractivity contribution in [1.29, 1.82) is 0 Å². The molecule has 0 saturated carbocycles. The van der Waals surface area contributed by atoms with E-state index in [1.807, 2.05) is 12.1 Å². The maximum Gasteiger partial charge on any atom is 0.168 e. The van der Waals surface area contributed by atoms with Gasteiger partial charge in [-0.3, -0.25) is 9.78 Å². The highest BCUT2D eigenvalue weighted by atomic mass is 16.1. The highest BCUT2D eigenvalue weighted by Gasteiger charge is 2.19. The number of pyridine rings is 1. The van der Waals surface area contributed by atoms with Crippen LogP contribution in [0.2, 0.25) is 0 Å². The molecule has 1 atom stereocenters. The Morgan fingerprint density at radius 3 is 3.00 bits per heavy atom. The molecule has 1 aliphatic heterocycles. The number of nitrogens with one attached hydrogen (secondary N) is 1. The zero-order chi connectivity index (χ0) is 12.1. The number of aliphatic imine (C=N–C) groups is 1. The minimum Gasteiger partial charge on any atom is -0.370 e. The third-order valence-corrected chi connectivity index (χ3v) is 2.52. The minimum absolute atomic E-state index is 0.0693. The first-order valence-corrected chi connectivity index (χ1v) is 5.51. The van der Waals surface area contributed by atoms with Gasteiger partial charge in [0.15, 0.2) is 5.78 Å². The summed E-state index contributed by atoms with van der Waals surface area (Å²) in [5.41, 5.74) is 1.04. The van der Waals surface area contributed by atoms with E-state index in [2.05, 4.69) is 22.2 Å². The molecule has 1 aromatic rings. The van der Waals surface area contributed by atoms with Crippen molar-refractivity contribution in [3.8, 4) is 0 Å². The first-order valence-electron chi connectivity index (χ1n) is 5.51. The van der Waals surface area contributed by atoms with Crippen LogP contribution in [0.5, 0.6) is 0 Å². The molecule has 4 nitrogen and oxygen atoms in total. The standard InChI is InChI=1S/C13H14N3O/c1-2-15-13-7-12(17)11(9-16-13)6-10-4-3-5-14-8-10/h3-5,7-9,11,15H,1-2,6H2. The summed E-state index contributed by atoms with van der Waals surface area (Å²) < 4.78 is 0. The Bertz CT molecular complexity index is 451. The molecule has 1 aromatic heterocycles. The molecule has 0 saturated heterocycles. The van der Waals surface area contributed by atoms with E-state index in [0.717, 1.165) is 5.56 Å². The highest BCUT2D eigenvalue weighted by molar-refractivity contribution is 6.04. The molecule has 0 aromatic carbocycles. The van der Waals surface area contributed by atoms with E-state index in [0.29, 0.717) is 18.8 Å². The number of hydrogen-bond donors (Lipinski definition) is 1. The number of ketones is 1. The Labute approximate surface area is 100 Å². The van der Waals surface area contributed by atoms with Gasteiger partial charge in [-0.2, -0.15) is 0 Å². The van der Waals surface area contributed by atoms with E-state index in [4.69, 9.17) is 0 Å². The van der Waals surface area contributed by atoms with Crippen molar-refractivity contribution in [3.63, 3.8) is 0 Å². The van der Waals surface area contributed by atoms with E-state index in [1.54, 1.807) is 18.6 Å². The van der Waals surface area contributed by atoms with Crippen LogP contribution in [0.1, 0.15) is 5.56 Å². The second-order valence-electron chi connectivity index (χ2n) is 3.81. The average molecular weight is 228 g/mol. The largest absolute Gasteiger partial charge is 0.370 e. The molecular weight excluding hydrogens is 214 g/mol. The molecule has 87 valence electrons. The van der Waals surface area contributed by atoms with Crippen molar-refractivity contribution in [2.45, 2.75) is 6.42 Å². The van der Waals surface area contributed by atoms with Gasteiger partial charge in [0.05, 0.1) is 5.92 Å². The van der Waals surface area contributed by atoms with Crippen LogP contribution in [0, 0.1) is 12.8 Å². The zero-order valence-electron chi connectivity index (χ0n) is 9.47. The molecule has 0 amide bonds. The van der Waals surface area contributed by atoms with Gasteiger partial charge in [0.1, 0.15) is 5.82 Å². The Morgan fingerprint density at radius 1 is 1.47 bits per heavy atom. The van der Waals surface area contributed by atoms with Gasteiger partial charge in [-0.15, -0.1) is 0 Å². The van der Waals surface area contributed by atoms with Crippen LogP contribution in [-0.4, -0.2) is 23.5 Å². The molecule has 1 N–H and O–H groups in total. The van der Waals surface area contributed by atoms with Crippen LogP contribution >= 0.6 is 0 Å². The third kappa shape index (κ3) is 3.00. The molecule has 1 unspecified atom stereocenters. The molecule has 2 rings (SSSR count). The summed E-state index contributed by atoms with van der Waals surface area (Å²) in [6, 6.07) is 3.83. The fourth-order valence-electron chi connectivity index (χ4n) is 1.67. The molecule has 0 fully saturated rings. The van der Waals surface area contributed by atoms with E-state index in [-0.39, 0.29) is 11.7 Å². The van der Waals surface area contributed by atoms with Gasteiger partial charge in [-0.1, -0.05) is 6.07 Å². The van der Waals surface area contributed by atoms with E-state index in [1.165, 1.54) is 6.08 Å². The SMILES string of the molecule is [CH2]CNC1=CC(=O)C(Cc2cccnc2)C=N1. The second kappa shape index (κ2) is 5.39. The zero-order valence-corrected chi connectivity index (χ0v) is 9.47. The fourth-order valence-corrected chi connectivity index (χ4v) is 1.67. The lowest BCUT2D eigenvalue weighted by Crippen LogP contribution is -2.24. The van der Waals surface area contributed by atoms with Crippen molar-refractivity contribution in [1.82, 2.24) is 10.3 Å². The van der Waals surface area contributed by atoms with Gasteiger partial charge in [-0.05, 0) is 25.0 Å². The van der Waals surface area contributed by atoms with Crippen LogP contribution in [0.25, 0.3) is 0 Å². The number of allylic oxidation sites excluding steroid dienone is 1. The molecule has 4 heteroatoms. The van der Waals surface area contributed by atoms with Gasteiger partial charge in [0.25, 0.3) is 0 Å². The molecule has 0 spiro atoms. The Hall–Kier alpha value is -1.97. The summed E-state index contributed by atoms with van der Waals surface area (Å²) in [5, 5.41) is 2.92. The molecule has 0 aliphatic carbocycles. The van der Waals surface area contributed by atoms with Gasteiger partial charge in [0.2, 0.25) is 0 Å². The monoisotopic (exact) mass is 228 g/mol. The van der Waals surface area contributed by atoms with Crippen LogP contribution in [-0.2, 0) is 11.2 Å². The lowest BCUT2D eigenvalue weighted by molar-refractivity contribution is -0.116. The molecule has 1 radical (unpaired) electrons. The number of nitrogens with zero attached hydrogens (tertiary/aromatic N) is 2. The summed E-state index contributed by atoms with van der Waals surface area (Å²) >= 11 is 0. The summed E-state index contributed by atoms with van der Waals surface area (Å²) in [6.45, 7) is 4.16. The fraction of sp³-hybridized carbons (Fsp3) is 0.231. The van der Waals surface area contributed by atoms with E-state index in [9.17, 15) is 4.79 Å². The van der Waals surface area contributed by atoms with Crippen molar-refractivity contribution in [3.05, 3.63) is 48.9 Å². The van der Waals surface area contributed by atoms with Crippen LogP contribution in [0.4, 0.5) is 0 Å². The summed E-state index contributed by atoms with van der Waals surface area (Å²) in [6.07, 6.45) is 7.36. The topological polar surface area (TPSA) is 54.4 Å². The minimum atomic E-state index is -0.186. The number of carbonyl (C=O) groups excluding carboxylic acids is 1. The number of hydrogen-bond acceptors (Lipinski definition) is 4. The van der Waals surface area contributed by atoms with Crippen molar-refractivity contribution in [2.24, 2.45) is 10.9 Å². The maximum atomic E-state index is 11.8. The molecule has 2 heterocycles. The van der Waals surface area contributed by atoms with Crippen molar-refractivity contribution in [2.75, 3.05) is 6.54 Å². The van der Waals surface area contributed by atoms with Gasteiger partial charge in [-0.25, -0.2) is 4.99 Å². The summed E-state index contributed by atoms with van der Waals surface area (Å²) in [4.78, 5) is 20.1. The lowest BCUT2D eigenvalue weighted by atomic mass is 9.95. The molecule has 0 bridgehead atoms. The predicted molar refractivity (Wildman–Crippen MR) is 66.4 cm³/mol. The van der Waals surface area contributed by atoms with Crippen molar-refractivity contribution >= 4 is 12.0 Å². The van der Waals surface area contributed by atoms with Gasteiger partial charge >= 0.3 is 0 Å². The van der Waals surface area contributed by atoms with E-state index >= 15 is 0 Å². The summed E-state index contributed by atoms with van der Waals surface area (Å²) in [7, 11) is 0. The highest BCUT2D eigenvalue weighted by Crippen LogP contribution is 2.12. The quantitative estimate of drug-likeness (QED) is 0.841. The van der Waals surface area contributed by atoms with Crippen LogP contribution in [0.15, 0.2) is 41.4 Å². The molecule has 1 aliphatic rings. The lowest BCUT2D eigenvalue weighted by Gasteiger charge is -2.14. The Morgan fingerprint density at radius 2 is 2.35 bits per heavy atom. The smallest absolute Gasteiger partial charge is 0.168 e. The maximum absolute atomic E-state index is 11.8. The first kappa shape index (κ1) is 11.5. The second-order valence-corrected chi connectivity index (χ2v) is 3.81. The van der Waals surface area contributed by atoms with Crippen LogP contribution in [0.3, 0.4) is 0 Å². The Kier molecular flexibility index (Phi) is 3.65. The Balaban J connectivity index is 2.02. The van der Waals surface area contributed by atoms with E-state index < -0.39 is 0 Å². The number of carbonyl (C=O) groups is 1. The first-order chi connectivity index (χ1) is 8.29. The number of rotatable bonds is 4. The van der Waals surface area contributed by atoms with Gasteiger partial charge < -0.3 is 5.32 Å². The normalized spacial score (nSPS) is 19.0. The van der Waals surface area contributed by atoms with Gasteiger partial charge in [0, 0.05) is 31.2 Å². The van der Waals surface area contributed by atoms with Crippen molar-refractivity contribution < 1.29 is 4.79 Å². The summed E-state index contributed by atoms with van der Waals surface area (Å²) in [5.74, 6) is 0.474. The predicted octanol–water partition coefficient (Wildman–Crippen LogP) is 1.16. The molecule has 17 heavy (non-hydrogen) atoms. The van der Waals surface area contributed by atoms with Crippen LogP contribution < -0.4 is 5.32 Å². The number of aromatic nitrogens is 1. The molecular formula is C13H14N3O. The third-order valence-electron chi connectivity index (χ3n) is 2.52.